The predicted octanol–water partition coefficient (Wildman–Crippen LogP) is 2.92. The van der Waals surface area contributed by atoms with Gasteiger partial charge in [-0.25, -0.2) is 0 Å². The second-order valence-corrected chi connectivity index (χ2v) is 4.50. The Bertz CT molecular complexity index is 677. The molecule has 2 aromatic heterocycles. The van der Waals surface area contributed by atoms with Gasteiger partial charge in [0.2, 0.25) is 5.78 Å². The molecular weight excluding hydrogens is 232 g/mol. The van der Waals surface area contributed by atoms with E-state index in [0.29, 0.717) is 10.4 Å². The van der Waals surface area contributed by atoms with E-state index in [2.05, 4.69) is 9.97 Å². The third-order valence-electron chi connectivity index (χ3n) is 2.51. The zero-order chi connectivity index (χ0) is 11.7. The highest BCUT2D eigenvalue weighted by Gasteiger charge is 2.11. The van der Waals surface area contributed by atoms with Crippen molar-refractivity contribution in [3.05, 3.63) is 58.7 Å². The molecular formula is C13H8N2OS. The van der Waals surface area contributed by atoms with Crippen molar-refractivity contribution in [2.75, 3.05) is 0 Å². The Hall–Kier alpha value is -2.07. The topological polar surface area (TPSA) is 42.9 Å². The van der Waals surface area contributed by atoms with Crippen LogP contribution in [-0.4, -0.2) is 15.8 Å². The number of para-hydroxylation sites is 1. The van der Waals surface area contributed by atoms with E-state index in [9.17, 15) is 4.79 Å². The van der Waals surface area contributed by atoms with E-state index in [0.717, 1.165) is 10.9 Å². The number of carbonyl (C=O) groups excluding carboxylic acids is 1. The Morgan fingerprint density at radius 2 is 2.06 bits per heavy atom. The number of pyridine rings is 1. The Morgan fingerprint density at radius 3 is 2.88 bits per heavy atom. The number of aromatic nitrogens is 2. The van der Waals surface area contributed by atoms with Crippen molar-refractivity contribution >= 4 is 28.0 Å². The van der Waals surface area contributed by atoms with Crippen LogP contribution in [0.2, 0.25) is 0 Å². The lowest BCUT2D eigenvalue weighted by Gasteiger charge is -2.00. The first-order valence-electron chi connectivity index (χ1n) is 5.12. The zero-order valence-corrected chi connectivity index (χ0v) is 9.65. The zero-order valence-electron chi connectivity index (χ0n) is 8.83. The first-order chi connectivity index (χ1) is 8.34. The summed E-state index contributed by atoms with van der Waals surface area (Å²) in [6.07, 6.45) is 3.20. The van der Waals surface area contributed by atoms with Crippen molar-refractivity contribution < 1.29 is 4.79 Å². The smallest absolute Gasteiger partial charge is 0.206 e. The van der Waals surface area contributed by atoms with E-state index >= 15 is 0 Å². The molecule has 0 atom stereocenters. The SMILES string of the molecule is O=C(c1cnc2ccccc2c1)c1cncs1. The van der Waals surface area contributed by atoms with Crippen LogP contribution in [-0.2, 0) is 0 Å². The number of carbonyl (C=O) groups is 1. The fourth-order valence-electron chi connectivity index (χ4n) is 1.67. The van der Waals surface area contributed by atoms with Gasteiger partial charge in [-0.2, -0.15) is 0 Å². The number of nitrogens with zero attached hydrogens (tertiary/aromatic N) is 2. The normalized spacial score (nSPS) is 10.6. The van der Waals surface area contributed by atoms with Crippen molar-refractivity contribution in [2.45, 2.75) is 0 Å². The number of benzene rings is 1. The first kappa shape index (κ1) is 10.1. The highest BCUT2D eigenvalue weighted by Crippen LogP contribution is 2.17. The quantitative estimate of drug-likeness (QED) is 0.647. The summed E-state index contributed by atoms with van der Waals surface area (Å²) in [5, 5.41) is 0.975. The summed E-state index contributed by atoms with van der Waals surface area (Å²) in [4.78, 5) is 20.9. The standard InChI is InChI=1S/C13H8N2OS/c16-13(12-7-14-8-17-12)10-5-9-3-1-2-4-11(9)15-6-10/h1-8H. The number of fused-ring (bicyclic) bond motifs is 1. The number of rotatable bonds is 2. The van der Waals surface area contributed by atoms with Crippen molar-refractivity contribution in [2.24, 2.45) is 0 Å². The summed E-state index contributed by atoms with van der Waals surface area (Å²) in [7, 11) is 0. The fraction of sp³-hybridized carbons (Fsp3) is 0. The molecule has 0 amide bonds. The summed E-state index contributed by atoms with van der Waals surface area (Å²) >= 11 is 1.34. The third kappa shape index (κ3) is 1.83. The molecule has 4 heteroatoms. The lowest BCUT2D eigenvalue weighted by atomic mass is 10.1. The van der Waals surface area contributed by atoms with Gasteiger partial charge in [0.25, 0.3) is 0 Å². The summed E-state index contributed by atoms with van der Waals surface area (Å²) in [5.41, 5.74) is 3.16. The Kier molecular flexibility index (Phi) is 2.42. The number of ketones is 1. The molecule has 82 valence electrons. The second kappa shape index (κ2) is 4.07. The van der Waals surface area contributed by atoms with Crippen LogP contribution in [0.15, 0.2) is 48.2 Å². The molecule has 0 fully saturated rings. The molecule has 1 aromatic carbocycles. The van der Waals surface area contributed by atoms with Crippen LogP contribution in [0.4, 0.5) is 0 Å². The maximum absolute atomic E-state index is 12.1. The summed E-state index contributed by atoms with van der Waals surface area (Å²) in [6, 6.07) is 9.61. The van der Waals surface area contributed by atoms with Gasteiger partial charge >= 0.3 is 0 Å². The van der Waals surface area contributed by atoms with E-state index in [1.807, 2.05) is 30.3 Å². The highest BCUT2D eigenvalue weighted by atomic mass is 32.1. The van der Waals surface area contributed by atoms with Crippen molar-refractivity contribution in [1.29, 1.82) is 0 Å². The minimum absolute atomic E-state index is 0.0225. The maximum Gasteiger partial charge on any atom is 0.206 e. The van der Waals surface area contributed by atoms with Gasteiger partial charge in [0.15, 0.2) is 0 Å². The van der Waals surface area contributed by atoms with E-state index in [4.69, 9.17) is 0 Å². The monoisotopic (exact) mass is 240 g/mol. The molecule has 3 nitrogen and oxygen atoms in total. The molecule has 0 spiro atoms. The fourth-order valence-corrected chi connectivity index (χ4v) is 2.25. The molecule has 3 aromatic rings. The first-order valence-corrected chi connectivity index (χ1v) is 6.00. The van der Waals surface area contributed by atoms with Crippen LogP contribution in [0, 0.1) is 0 Å². The van der Waals surface area contributed by atoms with Gasteiger partial charge in [-0.3, -0.25) is 14.8 Å². The van der Waals surface area contributed by atoms with E-state index < -0.39 is 0 Å². The molecule has 0 aliphatic carbocycles. The Balaban J connectivity index is 2.09. The average molecular weight is 240 g/mol. The lowest BCUT2D eigenvalue weighted by molar-refractivity contribution is 0.104. The number of hydrogen-bond donors (Lipinski definition) is 0. The van der Waals surface area contributed by atoms with Gasteiger partial charge in [0, 0.05) is 23.3 Å². The van der Waals surface area contributed by atoms with Gasteiger partial charge in [-0.1, -0.05) is 18.2 Å². The van der Waals surface area contributed by atoms with Crippen LogP contribution in [0.25, 0.3) is 10.9 Å². The molecule has 0 unspecified atom stereocenters. The highest BCUT2D eigenvalue weighted by molar-refractivity contribution is 7.11. The largest absolute Gasteiger partial charge is 0.288 e. The minimum atomic E-state index is -0.0225. The van der Waals surface area contributed by atoms with Crippen molar-refractivity contribution in [3.63, 3.8) is 0 Å². The van der Waals surface area contributed by atoms with Crippen LogP contribution >= 0.6 is 11.3 Å². The molecule has 0 saturated carbocycles. The molecule has 0 bridgehead atoms. The van der Waals surface area contributed by atoms with E-state index in [-0.39, 0.29) is 5.78 Å². The van der Waals surface area contributed by atoms with Crippen molar-refractivity contribution in [3.8, 4) is 0 Å². The van der Waals surface area contributed by atoms with E-state index in [1.165, 1.54) is 11.3 Å². The molecule has 0 radical (unpaired) electrons. The average Bonchev–Trinajstić information content (AvgIpc) is 2.91. The summed E-state index contributed by atoms with van der Waals surface area (Å²) < 4.78 is 0. The molecule has 17 heavy (non-hydrogen) atoms. The van der Waals surface area contributed by atoms with Crippen LogP contribution in [0.3, 0.4) is 0 Å². The van der Waals surface area contributed by atoms with Gasteiger partial charge in [-0.05, 0) is 12.1 Å². The molecule has 0 aliphatic heterocycles. The maximum atomic E-state index is 12.1. The summed E-state index contributed by atoms with van der Waals surface area (Å²) in [6.45, 7) is 0. The third-order valence-corrected chi connectivity index (χ3v) is 3.28. The summed E-state index contributed by atoms with van der Waals surface area (Å²) in [5.74, 6) is -0.0225. The minimum Gasteiger partial charge on any atom is -0.288 e. The lowest BCUT2D eigenvalue weighted by Crippen LogP contribution is -1.99. The van der Waals surface area contributed by atoms with Gasteiger partial charge in [0.1, 0.15) is 0 Å². The Labute approximate surface area is 102 Å². The molecule has 0 N–H and O–H groups in total. The van der Waals surface area contributed by atoms with Gasteiger partial charge < -0.3 is 0 Å². The molecule has 2 heterocycles. The molecule has 0 aliphatic rings. The van der Waals surface area contributed by atoms with Crippen LogP contribution in [0.5, 0.6) is 0 Å². The second-order valence-electron chi connectivity index (χ2n) is 3.61. The number of hydrogen-bond acceptors (Lipinski definition) is 4. The van der Waals surface area contributed by atoms with E-state index in [1.54, 1.807) is 17.9 Å². The predicted molar refractivity (Wildman–Crippen MR) is 67.3 cm³/mol. The molecule has 3 rings (SSSR count). The van der Waals surface area contributed by atoms with Gasteiger partial charge in [-0.15, -0.1) is 11.3 Å². The Morgan fingerprint density at radius 1 is 1.18 bits per heavy atom. The van der Waals surface area contributed by atoms with Gasteiger partial charge in [0.05, 0.1) is 15.9 Å². The molecule has 0 saturated heterocycles. The number of thiazole rings is 1. The van der Waals surface area contributed by atoms with Crippen LogP contribution < -0.4 is 0 Å². The van der Waals surface area contributed by atoms with Crippen molar-refractivity contribution in [1.82, 2.24) is 9.97 Å². The van der Waals surface area contributed by atoms with Crippen LogP contribution in [0.1, 0.15) is 15.2 Å².